The van der Waals surface area contributed by atoms with Crippen LogP contribution in [0.25, 0.3) is 0 Å². The van der Waals surface area contributed by atoms with Crippen LogP contribution in [0.2, 0.25) is 0 Å². The van der Waals surface area contributed by atoms with Crippen LogP contribution in [0.5, 0.6) is 0 Å². The summed E-state index contributed by atoms with van der Waals surface area (Å²) in [5, 5.41) is 15.0. The number of carbonyl (C=O) groups excluding carboxylic acids is 1. The Bertz CT molecular complexity index is 309. The topological polar surface area (TPSA) is 78.4 Å². The molecule has 3 N–H and O–H groups in total. The maximum absolute atomic E-state index is 12.3. The molecule has 1 amide bonds. The van der Waals surface area contributed by atoms with Crippen LogP contribution >= 0.6 is 0 Å². The van der Waals surface area contributed by atoms with Crippen molar-refractivity contribution in [2.45, 2.75) is 58.0 Å². The third-order valence-electron chi connectivity index (χ3n) is 3.59. The number of hydrogen-bond acceptors (Lipinski definition) is 3. The second-order valence-corrected chi connectivity index (χ2v) is 5.46. The molecule has 0 aromatic carbocycles. The average Bonchev–Trinajstić information content (AvgIpc) is 2.77. The number of nitrogens with one attached hydrogen (secondary N) is 2. The highest BCUT2D eigenvalue weighted by atomic mass is 16.4. The number of carboxylic acid groups (broad SMARTS) is 1. The smallest absolute Gasteiger partial charge is 0.326 e. The molecule has 0 aliphatic carbocycles. The molecule has 1 saturated heterocycles. The van der Waals surface area contributed by atoms with Gasteiger partial charge in [-0.25, -0.2) is 4.79 Å². The van der Waals surface area contributed by atoms with Crippen LogP contribution < -0.4 is 10.6 Å². The van der Waals surface area contributed by atoms with E-state index in [2.05, 4.69) is 10.6 Å². The van der Waals surface area contributed by atoms with E-state index in [0.29, 0.717) is 12.8 Å². The Hall–Kier alpha value is -1.10. The molecule has 0 radical (unpaired) electrons. The fraction of sp³-hybridized carbons (Fsp3) is 0.846. The highest BCUT2D eigenvalue weighted by Crippen LogP contribution is 2.23. The van der Waals surface area contributed by atoms with Crippen molar-refractivity contribution < 1.29 is 14.7 Å². The molecule has 1 aliphatic rings. The van der Waals surface area contributed by atoms with Gasteiger partial charge in [-0.2, -0.15) is 0 Å². The Morgan fingerprint density at radius 3 is 2.50 bits per heavy atom. The lowest BCUT2D eigenvalue weighted by Crippen LogP contribution is -2.57. The molecular formula is C13H24N2O3. The molecule has 1 fully saturated rings. The molecule has 1 unspecified atom stereocenters. The van der Waals surface area contributed by atoms with Crippen molar-refractivity contribution in [3.8, 4) is 0 Å². The second kappa shape index (κ2) is 6.18. The van der Waals surface area contributed by atoms with E-state index in [1.165, 1.54) is 0 Å². The zero-order valence-electron chi connectivity index (χ0n) is 11.5. The van der Waals surface area contributed by atoms with Crippen molar-refractivity contribution in [2.24, 2.45) is 5.92 Å². The first-order valence-corrected chi connectivity index (χ1v) is 6.70. The van der Waals surface area contributed by atoms with Crippen LogP contribution in [0.15, 0.2) is 0 Å². The van der Waals surface area contributed by atoms with Crippen molar-refractivity contribution in [3.63, 3.8) is 0 Å². The zero-order chi connectivity index (χ0) is 13.8. The van der Waals surface area contributed by atoms with Gasteiger partial charge in [0.05, 0.1) is 5.54 Å². The molecule has 1 heterocycles. The lowest BCUT2D eigenvalue weighted by molar-refractivity contribution is -0.143. The fourth-order valence-electron chi connectivity index (χ4n) is 2.45. The number of rotatable bonds is 6. The fourth-order valence-corrected chi connectivity index (χ4v) is 2.45. The summed E-state index contributed by atoms with van der Waals surface area (Å²) >= 11 is 0. The summed E-state index contributed by atoms with van der Waals surface area (Å²) in [6.07, 6.45) is 2.89. The van der Waals surface area contributed by atoms with Crippen LogP contribution in [0.3, 0.4) is 0 Å². The van der Waals surface area contributed by atoms with E-state index in [0.717, 1.165) is 19.4 Å². The minimum atomic E-state index is -0.957. The number of carboxylic acids is 1. The van der Waals surface area contributed by atoms with Crippen molar-refractivity contribution in [2.75, 3.05) is 6.54 Å². The highest BCUT2D eigenvalue weighted by molar-refractivity contribution is 5.90. The SMILES string of the molecule is CCC1(C(=O)N[C@H](CC(C)C)C(=O)O)CCCN1. The van der Waals surface area contributed by atoms with Gasteiger partial charge in [0, 0.05) is 0 Å². The van der Waals surface area contributed by atoms with Gasteiger partial charge in [0.15, 0.2) is 0 Å². The molecule has 0 aromatic rings. The Morgan fingerprint density at radius 1 is 1.44 bits per heavy atom. The molecule has 0 aromatic heterocycles. The molecule has 0 bridgehead atoms. The van der Waals surface area contributed by atoms with Gasteiger partial charge in [-0.1, -0.05) is 20.8 Å². The molecule has 0 saturated carbocycles. The van der Waals surface area contributed by atoms with Gasteiger partial charge in [-0.3, -0.25) is 4.79 Å². The molecule has 1 rings (SSSR count). The summed E-state index contributed by atoms with van der Waals surface area (Å²) in [4.78, 5) is 23.4. The summed E-state index contributed by atoms with van der Waals surface area (Å²) in [6, 6.07) is -0.789. The summed E-state index contributed by atoms with van der Waals surface area (Å²) in [5.41, 5.74) is -0.565. The summed E-state index contributed by atoms with van der Waals surface area (Å²) in [6.45, 7) is 6.68. The summed E-state index contributed by atoms with van der Waals surface area (Å²) in [7, 11) is 0. The van der Waals surface area contributed by atoms with Gasteiger partial charge in [-0.05, 0) is 38.1 Å². The Kier molecular flexibility index (Phi) is 5.14. The minimum Gasteiger partial charge on any atom is -0.480 e. The lowest BCUT2D eigenvalue weighted by Gasteiger charge is -2.29. The lowest BCUT2D eigenvalue weighted by atomic mass is 9.92. The predicted molar refractivity (Wildman–Crippen MR) is 69.3 cm³/mol. The van der Waals surface area contributed by atoms with Gasteiger partial charge in [0.25, 0.3) is 0 Å². The molecule has 5 heteroatoms. The minimum absolute atomic E-state index is 0.171. The number of hydrogen-bond donors (Lipinski definition) is 3. The normalized spacial score (nSPS) is 25.1. The first-order valence-electron chi connectivity index (χ1n) is 6.70. The average molecular weight is 256 g/mol. The van der Waals surface area contributed by atoms with Crippen molar-refractivity contribution in [1.29, 1.82) is 0 Å². The third-order valence-corrected chi connectivity index (χ3v) is 3.59. The number of aliphatic carboxylic acids is 1. The van der Waals surface area contributed by atoms with Crippen molar-refractivity contribution in [3.05, 3.63) is 0 Å². The van der Waals surface area contributed by atoms with E-state index in [9.17, 15) is 9.59 Å². The molecular weight excluding hydrogens is 232 g/mol. The van der Waals surface area contributed by atoms with E-state index in [4.69, 9.17) is 5.11 Å². The van der Waals surface area contributed by atoms with Gasteiger partial charge < -0.3 is 15.7 Å². The summed E-state index contributed by atoms with van der Waals surface area (Å²) in [5.74, 6) is -0.891. The Morgan fingerprint density at radius 2 is 2.11 bits per heavy atom. The van der Waals surface area contributed by atoms with Gasteiger partial charge in [0.2, 0.25) is 5.91 Å². The van der Waals surface area contributed by atoms with Gasteiger partial charge in [0.1, 0.15) is 6.04 Å². The van der Waals surface area contributed by atoms with Crippen LogP contribution in [0.1, 0.15) is 46.5 Å². The van der Waals surface area contributed by atoms with Crippen LogP contribution in [0.4, 0.5) is 0 Å². The maximum atomic E-state index is 12.3. The van der Waals surface area contributed by atoms with Crippen molar-refractivity contribution >= 4 is 11.9 Å². The second-order valence-electron chi connectivity index (χ2n) is 5.46. The molecule has 1 aliphatic heterocycles. The first kappa shape index (κ1) is 15.0. The van der Waals surface area contributed by atoms with E-state index in [-0.39, 0.29) is 11.8 Å². The van der Waals surface area contributed by atoms with E-state index < -0.39 is 17.6 Å². The third kappa shape index (κ3) is 3.45. The monoisotopic (exact) mass is 256 g/mol. The highest BCUT2D eigenvalue weighted by Gasteiger charge is 2.40. The molecule has 5 nitrogen and oxygen atoms in total. The van der Waals surface area contributed by atoms with Crippen LogP contribution in [0, 0.1) is 5.92 Å². The van der Waals surface area contributed by atoms with E-state index in [1.54, 1.807) is 0 Å². The van der Waals surface area contributed by atoms with Crippen LogP contribution in [-0.4, -0.2) is 35.1 Å². The van der Waals surface area contributed by atoms with Gasteiger partial charge in [-0.15, -0.1) is 0 Å². The number of carbonyl (C=O) groups is 2. The molecule has 2 atom stereocenters. The van der Waals surface area contributed by atoms with E-state index >= 15 is 0 Å². The maximum Gasteiger partial charge on any atom is 0.326 e. The molecule has 18 heavy (non-hydrogen) atoms. The Labute approximate surface area is 108 Å². The van der Waals surface area contributed by atoms with Crippen molar-refractivity contribution in [1.82, 2.24) is 10.6 Å². The van der Waals surface area contributed by atoms with Crippen LogP contribution in [-0.2, 0) is 9.59 Å². The zero-order valence-corrected chi connectivity index (χ0v) is 11.5. The predicted octanol–water partition coefficient (Wildman–Crippen LogP) is 1.13. The quantitative estimate of drug-likeness (QED) is 0.666. The Balaban J connectivity index is 2.68. The largest absolute Gasteiger partial charge is 0.480 e. The summed E-state index contributed by atoms with van der Waals surface area (Å²) < 4.78 is 0. The molecule has 104 valence electrons. The number of amides is 1. The van der Waals surface area contributed by atoms with Gasteiger partial charge >= 0.3 is 5.97 Å². The standard InChI is InChI=1S/C13H24N2O3/c1-4-13(6-5-7-14-13)12(18)15-10(11(16)17)8-9(2)3/h9-10,14H,4-8H2,1-3H3,(H,15,18)(H,16,17)/t10-,13?/m1/s1. The van der Waals surface area contributed by atoms with E-state index in [1.807, 2.05) is 20.8 Å². The molecule has 0 spiro atoms. The first-order chi connectivity index (χ1) is 8.41.